The summed E-state index contributed by atoms with van der Waals surface area (Å²) in [6.07, 6.45) is 6.95. The number of nitrogens with zero attached hydrogens (tertiary/aromatic N) is 1. The number of amides is 2. The second-order valence-electron chi connectivity index (χ2n) is 5.65. The fourth-order valence-corrected chi connectivity index (χ4v) is 2.45. The molecule has 0 heterocycles. The minimum Gasteiger partial charge on any atom is -0.352 e. The van der Waals surface area contributed by atoms with E-state index in [9.17, 15) is 9.59 Å². The zero-order chi connectivity index (χ0) is 15.2. The maximum atomic E-state index is 11.9. The van der Waals surface area contributed by atoms with Gasteiger partial charge in [0.05, 0.1) is 0 Å². The predicted molar refractivity (Wildman–Crippen MR) is 82.8 cm³/mol. The van der Waals surface area contributed by atoms with Crippen LogP contribution < -0.4 is 5.32 Å². The van der Waals surface area contributed by atoms with E-state index in [1.165, 1.54) is 0 Å². The molecule has 1 N–H and O–H groups in total. The van der Waals surface area contributed by atoms with Crippen molar-refractivity contribution >= 4 is 11.8 Å². The molecule has 1 aliphatic carbocycles. The molecule has 0 saturated carbocycles. The van der Waals surface area contributed by atoms with Crippen molar-refractivity contribution < 1.29 is 9.59 Å². The van der Waals surface area contributed by atoms with E-state index in [2.05, 4.69) is 17.5 Å². The molecule has 21 heavy (non-hydrogen) atoms. The van der Waals surface area contributed by atoms with Gasteiger partial charge in [0.1, 0.15) is 0 Å². The predicted octanol–water partition coefficient (Wildman–Crippen LogP) is 2.36. The third-order valence-corrected chi connectivity index (χ3v) is 3.63. The maximum absolute atomic E-state index is 11.9. The van der Waals surface area contributed by atoms with Gasteiger partial charge in [0.25, 0.3) is 5.91 Å². The summed E-state index contributed by atoms with van der Waals surface area (Å²) in [5.41, 5.74) is 1.59. The van der Waals surface area contributed by atoms with Gasteiger partial charge in [-0.2, -0.15) is 0 Å². The molecule has 1 unspecified atom stereocenters. The van der Waals surface area contributed by atoms with E-state index in [-0.39, 0.29) is 11.8 Å². The number of carbonyl (C=O) groups is 2. The van der Waals surface area contributed by atoms with E-state index in [4.69, 9.17) is 0 Å². The summed E-state index contributed by atoms with van der Waals surface area (Å²) < 4.78 is 0. The number of hydrogen-bond acceptors (Lipinski definition) is 2. The van der Waals surface area contributed by atoms with Crippen LogP contribution in [0.2, 0.25) is 0 Å². The van der Waals surface area contributed by atoms with Crippen molar-refractivity contribution in [3.8, 4) is 0 Å². The van der Waals surface area contributed by atoms with Crippen molar-refractivity contribution in [2.45, 2.75) is 25.8 Å². The highest BCUT2D eigenvalue weighted by molar-refractivity contribution is 5.94. The molecule has 0 fully saturated rings. The van der Waals surface area contributed by atoms with Crippen LogP contribution in [0.25, 0.3) is 0 Å². The summed E-state index contributed by atoms with van der Waals surface area (Å²) in [7, 11) is 3.46. The fraction of sp³-hybridized carbons (Fsp3) is 0.412. The molecule has 2 amide bonds. The molecule has 4 heteroatoms. The number of rotatable bonds is 5. The lowest BCUT2D eigenvalue weighted by atomic mass is 10.0. The van der Waals surface area contributed by atoms with Crippen molar-refractivity contribution in [2.24, 2.45) is 5.92 Å². The smallest absolute Gasteiger partial charge is 0.253 e. The number of benzene rings is 1. The first-order valence-corrected chi connectivity index (χ1v) is 7.30. The summed E-state index contributed by atoms with van der Waals surface area (Å²) in [4.78, 5) is 25.3. The molecule has 0 aliphatic heterocycles. The minimum atomic E-state index is -0.0285. The highest BCUT2D eigenvalue weighted by Gasteiger charge is 2.14. The van der Waals surface area contributed by atoms with Gasteiger partial charge in [-0.15, -0.1) is 0 Å². The van der Waals surface area contributed by atoms with Gasteiger partial charge in [-0.05, 0) is 36.5 Å². The Morgan fingerprint density at radius 2 is 2.14 bits per heavy atom. The van der Waals surface area contributed by atoms with Gasteiger partial charge in [0, 0.05) is 32.6 Å². The van der Waals surface area contributed by atoms with Crippen LogP contribution in [0.3, 0.4) is 0 Å². The molecule has 1 aliphatic rings. The third-order valence-electron chi connectivity index (χ3n) is 3.63. The molecule has 1 aromatic rings. The molecular formula is C17H22N2O2. The second kappa shape index (κ2) is 7.07. The average molecular weight is 286 g/mol. The van der Waals surface area contributed by atoms with Crippen molar-refractivity contribution in [3.63, 3.8) is 0 Å². The monoisotopic (exact) mass is 286 g/mol. The Labute approximate surface area is 125 Å². The van der Waals surface area contributed by atoms with Crippen LogP contribution in [0.4, 0.5) is 0 Å². The van der Waals surface area contributed by atoms with Gasteiger partial charge < -0.3 is 10.2 Å². The van der Waals surface area contributed by atoms with E-state index >= 15 is 0 Å². The lowest BCUT2D eigenvalue weighted by Crippen LogP contribution is -2.25. The van der Waals surface area contributed by atoms with Crippen LogP contribution in [0, 0.1) is 5.92 Å². The molecule has 2 rings (SSSR count). The summed E-state index contributed by atoms with van der Waals surface area (Å²) >= 11 is 0. The molecule has 4 nitrogen and oxygen atoms in total. The Hall–Kier alpha value is -2.10. The van der Waals surface area contributed by atoms with E-state index < -0.39 is 0 Å². The van der Waals surface area contributed by atoms with Crippen LogP contribution in [-0.4, -0.2) is 30.8 Å². The Morgan fingerprint density at radius 1 is 1.33 bits per heavy atom. The highest BCUT2D eigenvalue weighted by atomic mass is 16.2. The number of carbonyl (C=O) groups excluding carboxylic acids is 2. The third kappa shape index (κ3) is 4.45. The Bertz CT molecular complexity index is 549. The second-order valence-corrected chi connectivity index (χ2v) is 5.65. The van der Waals surface area contributed by atoms with Crippen molar-refractivity contribution in [3.05, 3.63) is 47.5 Å². The van der Waals surface area contributed by atoms with Crippen LogP contribution in [0.1, 0.15) is 35.2 Å². The standard InChI is InChI=1S/C17H22N2O2/c1-19(2)17(21)15-9-5-8-14(10-15)12-18-16(20)11-13-6-3-4-7-13/h3,5-6,8-10,13H,4,7,11-12H2,1-2H3,(H,18,20). The summed E-state index contributed by atoms with van der Waals surface area (Å²) in [6, 6.07) is 7.38. The molecule has 0 radical (unpaired) electrons. The highest BCUT2D eigenvalue weighted by Crippen LogP contribution is 2.20. The van der Waals surface area contributed by atoms with Crippen molar-refractivity contribution in [1.29, 1.82) is 0 Å². The van der Waals surface area contributed by atoms with Gasteiger partial charge in [-0.1, -0.05) is 24.3 Å². The average Bonchev–Trinajstić information content (AvgIpc) is 2.97. The lowest BCUT2D eigenvalue weighted by Gasteiger charge is -2.12. The fourth-order valence-electron chi connectivity index (χ4n) is 2.45. The van der Waals surface area contributed by atoms with Crippen LogP contribution in [0.15, 0.2) is 36.4 Å². The SMILES string of the molecule is CN(C)C(=O)c1cccc(CNC(=O)CC2C=CCC2)c1. The van der Waals surface area contributed by atoms with Crippen LogP contribution >= 0.6 is 0 Å². The zero-order valence-corrected chi connectivity index (χ0v) is 12.6. The Morgan fingerprint density at radius 3 is 2.81 bits per heavy atom. The van der Waals surface area contributed by atoms with E-state index in [0.29, 0.717) is 24.4 Å². The van der Waals surface area contributed by atoms with E-state index in [0.717, 1.165) is 18.4 Å². The molecule has 1 aromatic carbocycles. The largest absolute Gasteiger partial charge is 0.352 e. The van der Waals surface area contributed by atoms with Crippen LogP contribution in [0.5, 0.6) is 0 Å². The van der Waals surface area contributed by atoms with Crippen LogP contribution in [-0.2, 0) is 11.3 Å². The Balaban J connectivity index is 1.88. The van der Waals surface area contributed by atoms with Crippen molar-refractivity contribution in [2.75, 3.05) is 14.1 Å². The Kier molecular flexibility index (Phi) is 5.14. The lowest BCUT2D eigenvalue weighted by molar-refractivity contribution is -0.121. The minimum absolute atomic E-state index is 0.0285. The van der Waals surface area contributed by atoms with E-state index in [1.54, 1.807) is 25.1 Å². The summed E-state index contributed by atoms with van der Waals surface area (Å²) in [5, 5.41) is 2.92. The van der Waals surface area contributed by atoms with Gasteiger partial charge >= 0.3 is 0 Å². The van der Waals surface area contributed by atoms with Crippen molar-refractivity contribution in [1.82, 2.24) is 10.2 Å². The van der Waals surface area contributed by atoms with Gasteiger partial charge in [-0.25, -0.2) is 0 Å². The quantitative estimate of drug-likeness (QED) is 0.845. The number of allylic oxidation sites excluding steroid dienone is 2. The molecule has 0 bridgehead atoms. The molecule has 0 saturated heterocycles. The summed E-state index contributed by atoms with van der Waals surface area (Å²) in [5.74, 6) is 0.418. The molecule has 1 atom stereocenters. The topological polar surface area (TPSA) is 49.4 Å². The van der Waals surface area contributed by atoms with Gasteiger partial charge in [0.15, 0.2) is 0 Å². The normalized spacial score (nSPS) is 16.8. The molecule has 112 valence electrons. The number of nitrogens with one attached hydrogen (secondary N) is 1. The van der Waals surface area contributed by atoms with E-state index in [1.807, 2.05) is 18.2 Å². The molecule has 0 aromatic heterocycles. The maximum Gasteiger partial charge on any atom is 0.253 e. The first-order chi connectivity index (χ1) is 10.1. The zero-order valence-electron chi connectivity index (χ0n) is 12.6. The van der Waals surface area contributed by atoms with Gasteiger partial charge in [0.2, 0.25) is 5.91 Å². The summed E-state index contributed by atoms with van der Waals surface area (Å²) in [6.45, 7) is 0.462. The molecule has 0 spiro atoms. The first kappa shape index (κ1) is 15.3. The number of hydrogen-bond donors (Lipinski definition) is 1. The molecular weight excluding hydrogens is 264 g/mol. The first-order valence-electron chi connectivity index (χ1n) is 7.30. The van der Waals surface area contributed by atoms with Gasteiger partial charge in [-0.3, -0.25) is 9.59 Å².